The molecule has 1 atom stereocenters. The lowest BCUT2D eigenvalue weighted by Crippen LogP contribution is -2.37. The van der Waals surface area contributed by atoms with Crippen molar-refractivity contribution in [2.24, 2.45) is 5.73 Å². The van der Waals surface area contributed by atoms with Gasteiger partial charge in [0.1, 0.15) is 11.6 Å². The molecule has 0 spiro atoms. The van der Waals surface area contributed by atoms with Gasteiger partial charge in [-0.3, -0.25) is 0 Å². The molecule has 0 saturated heterocycles. The van der Waals surface area contributed by atoms with E-state index in [-0.39, 0.29) is 18.4 Å². The predicted octanol–water partition coefficient (Wildman–Crippen LogP) is 1.54. The number of anilines is 1. The molecule has 96 valence electrons. The van der Waals surface area contributed by atoms with Gasteiger partial charge in [-0.2, -0.15) is 0 Å². The second kappa shape index (κ2) is 6.51. The highest BCUT2D eigenvalue weighted by atomic mass is 19.1. The second-order valence-electron chi connectivity index (χ2n) is 3.93. The van der Waals surface area contributed by atoms with Crippen LogP contribution in [0.5, 0.6) is 0 Å². The molecule has 0 radical (unpaired) electrons. The maximum atomic E-state index is 13.1. The summed E-state index contributed by atoms with van der Waals surface area (Å²) in [4.78, 5) is 6.20. The Morgan fingerprint density at radius 2 is 2.29 bits per heavy atom. The van der Waals surface area contributed by atoms with Crippen LogP contribution in [0.15, 0.2) is 12.3 Å². The van der Waals surface area contributed by atoms with E-state index in [9.17, 15) is 4.39 Å². The van der Waals surface area contributed by atoms with E-state index in [1.807, 2.05) is 13.8 Å². The van der Waals surface area contributed by atoms with Crippen molar-refractivity contribution in [1.82, 2.24) is 4.98 Å². The third-order valence-corrected chi connectivity index (χ3v) is 2.68. The summed E-state index contributed by atoms with van der Waals surface area (Å²) in [5, 5.41) is 0. The summed E-state index contributed by atoms with van der Waals surface area (Å²) in [6.45, 7) is 5.71. The Bertz CT molecular complexity index is 360. The Morgan fingerprint density at radius 1 is 1.59 bits per heavy atom. The summed E-state index contributed by atoms with van der Waals surface area (Å²) in [5.41, 5.74) is 6.34. The number of ether oxygens (including phenoxy) is 1. The first-order valence-corrected chi connectivity index (χ1v) is 5.74. The summed E-state index contributed by atoms with van der Waals surface area (Å²) in [5.74, 6) is 0.380. The van der Waals surface area contributed by atoms with Gasteiger partial charge in [0.25, 0.3) is 0 Å². The Morgan fingerprint density at radius 3 is 2.82 bits per heavy atom. The molecule has 0 saturated carbocycles. The minimum absolute atomic E-state index is 0.174. The molecule has 0 bridgehead atoms. The smallest absolute Gasteiger partial charge is 0.141 e. The summed E-state index contributed by atoms with van der Waals surface area (Å²) in [6, 6.07) is 1.61. The summed E-state index contributed by atoms with van der Waals surface area (Å²) < 4.78 is 18.2. The highest BCUT2D eigenvalue weighted by Crippen LogP contribution is 2.20. The van der Waals surface area contributed by atoms with Crippen LogP contribution in [0.25, 0.3) is 0 Å². The van der Waals surface area contributed by atoms with Crippen molar-refractivity contribution in [2.75, 3.05) is 25.2 Å². The normalized spacial score (nSPS) is 12.5. The minimum atomic E-state index is -0.357. The van der Waals surface area contributed by atoms with Crippen LogP contribution in [-0.4, -0.2) is 31.3 Å². The Balaban J connectivity index is 3.02. The largest absolute Gasteiger partial charge is 0.383 e. The fraction of sp³-hybridized carbons (Fsp3) is 0.583. The zero-order chi connectivity index (χ0) is 12.8. The second-order valence-corrected chi connectivity index (χ2v) is 3.93. The molecule has 17 heavy (non-hydrogen) atoms. The Labute approximate surface area is 102 Å². The van der Waals surface area contributed by atoms with Gasteiger partial charge in [0, 0.05) is 25.8 Å². The van der Waals surface area contributed by atoms with E-state index in [0.29, 0.717) is 6.61 Å². The van der Waals surface area contributed by atoms with Gasteiger partial charge in [0.05, 0.1) is 18.8 Å². The van der Waals surface area contributed by atoms with Gasteiger partial charge in [0.15, 0.2) is 0 Å². The third-order valence-electron chi connectivity index (χ3n) is 2.68. The van der Waals surface area contributed by atoms with E-state index in [4.69, 9.17) is 10.5 Å². The van der Waals surface area contributed by atoms with E-state index in [0.717, 1.165) is 17.9 Å². The number of hydrogen-bond donors (Lipinski definition) is 1. The Kier molecular flexibility index (Phi) is 5.31. The maximum Gasteiger partial charge on any atom is 0.141 e. The minimum Gasteiger partial charge on any atom is -0.383 e. The number of likely N-dealkylation sites (N-methyl/N-ethyl adjacent to an activating group) is 1. The number of methoxy groups -OCH3 is 1. The first-order valence-electron chi connectivity index (χ1n) is 5.74. The highest BCUT2D eigenvalue weighted by Gasteiger charge is 2.17. The van der Waals surface area contributed by atoms with Crippen LogP contribution in [0.3, 0.4) is 0 Å². The quantitative estimate of drug-likeness (QED) is 0.821. The van der Waals surface area contributed by atoms with Gasteiger partial charge < -0.3 is 15.4 Å². The highest BCUT2D eigenvalue weighted by molar-refractivity contribution is 5.47. The van der Waals surface area contributed by atoms with Crippen molar-refractivity contribution in [1.29, 1.82) is 0 Å². The SMILES string of the molecule is CCN(c1ncc(F)cc1CN)C(C)COC. The van der Waals surface area contributed by atoms with Crippen LogP contribution in [0.4, 0.5) is 10.2 Å². The topological polar surface area (TPSA) is 51.4 Å². The van der Waals surface area contributed by atoms with Gasteiger partial charge in [-0.05, 0) is 19.9 Å². The first-order chi connectivity index (χ1) is 8.13. The van der Waals surface area contributed by atoms with Crippen LogP contribution >= 0.6 is 0 Å². The van der Waals surface area contributed by atoms with Crippen molar-refractivity contribution in [2.45, 2.75) is 26.4 Å². The lowest BCUT2D eigenvalue weighted by atomic mass is 10.2. The maximum absolute atomic E-state index is 13.1. The predicted molar refractivity (Wildman–Crippen MR) is 66.4 cm³/mol. The zero-order valence-corrected chi connectivity index (χ0v) is 10.6. The van der Waals surface area contributed by atoms with Gasteiger partial charge in [-0.25, -0.2) is 9.37 Å². The zero-order valence-electron chi connectivity index (χ0n) is 10.6. The van der Waals surface area contributed by atoms with Gasteiger partial charge >= 0.3 is 0 Å². The summed E-state index contributed by atoms with van der Waals surface area (Å²) in [6.07, 6.45) is 1.22. The molecule has 4 nitrogen and oxygen atoms in total. The molecular formula is C12H20FN3O. The van der Waals surface area contributed by atoms with Crippen molar-refractivity contribution in [3.63, 3.8) is 0 Å². The standard InChI is InChI=1S/C12H20FN3O/c1-4-16(9(2)8-17-3)12-10(6-14)5-11(13)7-15-12/h5,7,9H,4,6,8,14H2,1-3H3. The molecule has 0 amide bonds. The van der Waals surface area contributed by atoms with Gasteiger partial charge in [-0.1, -0.05) is 0 Å². The van der Waals surface area contributed by atoms with E-state index < -0.39 is 0 Å². The fourth-order valence-electron chi connectivity index (χ4n) is 1.88. The number of halogens is 1. The number of nitrogens with two attached hydrogens (primary N) is 1. The van der Waals surface area contributed by atoms with Crippen LogP contribution in [0, 0.1) is 5.82 Å². The molecule has 0 fully saturated rings. The molecule has 1 aromatic rings. The molecule has 0 aliphatic carbocycles. The molecule has 0 aromatic carbocycles. The summed E-state index contributed by atoms with van der Waals surface area (Å²) >= 11 is 0. The first kappa shape index (κ1) is 13.9. The van der Waals surface area contributed by atoms with E-state index in [1.54, 1.807) is 7.11 Å². The molecule has 0 aliphatic heterocycles. The Hall–Kier alpha value is -1.20. The number of rotatable bonds is 6. The van der Waals surface area contributed by atoms with Crippen molar-refractivity contribution in [3.05, 3.63) is 23.6 Å². The lowest BCUT2D eigenvalue weighted by molar-refractivity contribution is 0.181. The molecule has 2 N–H and O–H groups in total. The van der Waals surface area contributed by atoms with E-state index >= 15 is 0 Å². The van der Waals surface area contributed by atoms with Crippen LogP contribution in [-0.2, 0) is 11.3 Å². The summed E-state index contributed by atoms with van der Waals surface area (Å²) in [7, 11) is 1.66. The van der Waals surface area contributed by atoms with E-state index in [2.05, 4.69) is 9.88 Å². The average Bonchev–Trinajstić information content (AvgIpc) is 2.32. The number of hydrogen-bond acceptors (Lipinski definition) is 4. The number of pyridine rings is 1. The molecule has 1 rings (SSSR count). The fourth-order valence-corrected chi connectivity index (χ4v) is 1.88. The molecule has 1 heterocycles. The molecule has 1 aromatic heterocycles. The molecule has 0 aliphatic rings. The van der Waals surface area contributed by atoms with Crippen LogP contribution in [0.2, 0.25) is 0 Å². The van der Waals surface area contributed by atoms with Crippen LogP contribution in [0.1, 0.15) is 19.4 Å². The van der Waals surface area contributed by atoms with Gasteiger partial charge in [-0.15, -0.1) is 0 Å². The van der Waals surface area contributed by atoms with Crippen molar-refractivity contribution in [3.8, 4) is 0 Å². The van der Waals surface area contributed by atoms with E-state index in [1.165, 1.54) is 12.3 Å². The van der Waals surface area contributed by atoms with Crippen LogP contribution < -0.4 is 10.6 Å². The average molecular weight is 241 g/mol. The molecular weight excluding hydrogens is 221 g/mol. The number of aromatic nitrogens is 1. The third kappa shape index (κ3) is 3.38. The van der Waals surface area contributed by atoms with Crippen molar-refractivity contribution >= 4 is 5.82 Å². The lowest BCUT2D eigenvalue weighted by Gasteiger charge is -2.30. The molecule has 1 unspecified atom stereocenters. The number of nitrogens with zero attached hydrogens (tertiary/aromatic N) is 2. The van der Waals surface area contributed by atoms with Gasteiger partial charge in [0.2, 0.25) is 0 Å². The monoisotopic (exact) mass is 241 g/mol. The van der Waals surface area contributed by atoms with Crippen molar-refractivity contribution < 1.29 is 9.13 Å². The molecule has 5 heteroatoms.